The first-order valence-electron chi connectivity index (χ1n) is 3.58. The normalized spacial score (nSPS) is 11.9. The van der Waals surface area contributed by atoms with Crippen LogP contribution in [0.3, 0.4) is 0 Å². The summed E-state index contributed by atoms with van der Waals surface area (Å²) >= 11 is 0. The fourth-order valence-corrected chi connectivity index (χ4v) is 0.512. The zero-order valence-corrected chi connectivity index (χ0v) is 6.86. The largest absolute Gasteiger partial charge is 0.264 e. The van der Waals surface area contributed by atoms with Crippen LogP contribution < -0.4 is 0 Å². The van der Waals surface area contributed by atoms with E-state index < -0.39 is 0 Å². The molecule has 62 valence electrons. The van der Waals surface area contributed by atoms with Gasteiger partial charge in [0.25, 0.3) is 0 Å². The Kier molecular flexibility index (Phi) is 5.07. The Hall–Kier alpha value is -1.12. The van der Waals surface area contributed by atoms with E-state index in [-0.39, 0.29) is 11.5 Å². The van der Waals surface area contributed by atoms with Crippen LogP contribution in [0.15, 0.2) is 24.3 Å². The number of allylic oxidation sites excluding steroid dienone is 3. The molecule has 0 heterocycles. The molecule has 0 N–H and O–H groups in total. The average molecular weight is 155 g/mol. The highest BCUT2D eigenvalue weighted by Gasteiger charge is 1.85. The minimum atomic E-state index is -0.361. The minimum absolute atomic E-state index is 0.0948. The zero-order chi connectivity index (χ0) is 8.69. The third kappa shape index (κ3) is 8.88. The van der Waals surface area contributed by atoms with E-state index in [2.05, 4.69) is 13.8 Å². The van der Waals surface area contributed by atoms with Gasteiger partial charge in [-0.1, -0.05) is 32.1 Å². The van der Waals surface area contributed by atoms with Crippen LogP contribution in [0, 0.1) is 16.0 Å². The first-order valence-corrected chi connectivity index (χ1v) is 3.58. The molecular formula is C8H13NO2. The van der Waals surface area contributed by atoms with Crippen molar-refractivity contribution in [3.8, 4) is 0 Å². The van der Waals surface area contributed by atoms with Crippen molar-refractivity contribution in [2.45, 2.75) is 13.8 Å². The van der Waals surface area contributed by atoms with Gasteiger partial charge in [-0.05, 0) is 12.0 Å². The molecule has 0 aliphatic rings. The predicted molar refractivity (Wildman–Crippen MR) is 45.0 cm³/mol. The maximum atomic E-state index is 9.83. The molecule has 0 atom stereocenters. The molecule has 0 aromatic heterocycles. The number of hydrogen-bond acceptors (Lipinski definition) is 2. The van der Waals surface area contributed by atoms with Gasteiger partial charge in [0.1, 0.15) is 0 Å². The molecule has 0 aromatic carbocycles. The molecule has 0 aliphatic carbocycles. The summed E-state index contributed by atoms with van der Waals surface area (Å²) in [5.74, 6) is 0.496. The van der Waals surface area contributed by atoms with Gasteiger partial charge in [0, 0.05) is 4.92 Å². The van der Waals surface area contributed by atoms with Crippen molar-refractivity contribution in [1.82, 2.24) is 0 Å². The standard InChI is InChI=1S/C8H13NO2/c1-8(2)6-4-3-5-7-9(10)11/h3-6,8H,7H2,1-2H3/b5-3-,6-4-. The van der Waals surface area contributed by atoms with Crippen molar-refractivity contribution in [3.05, 3.63) is 34.4 Å². The van der Waals surface area contributed by atoms with E-state index in [9.17, 15) is 10.1 Å². The van der Waals surface area contributed by atoms with Gasteiger partial charge in [0.05, 0.1) is 0 Å². The van der Waals surface area contributed by atoms with Crippen LogP contribution in [0.2, 0.25) is 0 Å². The van der Waals surface area contributed by atoms with Crippen LogP contribution in [0.5, 0.6) is 0 Å². The maximum Gasteiger partial charge on any atom is 0.222 e. The lowest BCUT2D eigenvalue weighted by Crippen LogP contribution is -1.95. The Morgan fingerprint density at radius 2 is 2.09 bits per heavy atom. The summed E-state index contributed by atoms with van der Waals surface area (Å²) in [5.41, 5.74) is 0. The van der Waals surface area contributed by atoms with Gasteiger partial charge in [-0.3, -0.25) is 10.1 Å². The maximum absolute atomic E-state index is 9.83. The number of hydrogen-bond donors (Lipinski definition) is 0. The molecule has 0 fully saturated rings. The number of rotatable bonds is 4. The second-order valence-corrected chi connectivity index (χ2v) is 2.57. The van der Waals surface area contributed by atoms with Crippen LogP contribution >= 0.6 is 0 Å². The minimum Gasteiger partial charge on any atom is -0.264 e. The Morgan fingerprint density at radius 1 is 1.45 bits per heavy atom. The Labute approximate surface area is 66.6 Å². The van der Waals surface area contributed by atoms with Crippen LogP contribution in [0.25, 0.3) is 0 Å². The summed E-state index contributed by atoms with van der Waals surface area (Å²) in [6.07, 6.45) is 7.03. The monoisotopic (exact) mass is 155 g/mol. The molecule has 0 saturated heterocycles. The van der Waals surface area contributed by atoms with Crippen molar-refractivity contribution >= 4 is 0 Å². The molecule has 0 spiro atoms. The molecule has 11 heavy (non-hydrogen) atoms. The lowest BCUT2D eigenvalue weighted by molar-refractivity contribution is -0.468. The molecule has 0 amide bonds. The average Bonchev–Trinajstić information content (AvgIpc) is 1.85. The van der Waals surface area contributed by atoms with E-state index in [1.54, 1.807) is 6.08 Å². The first kappa shape index (κ1) is 9.88. The highest BCUT2D eigenvalue weighted by atomic mass is 16.6. The Balaban J connectivity index is 3.52. The SMILES string of the molecule is CC(C)/C=C\C=C/C[N+](=O)[O-]. The summed E-state index contributed by atoms with van der Waals surface area (Å²) < 4.78 is 0. The lowest BCUT2D eigenvalue weighted by Gasteiger charge is -1.88. The quantitative estimate of drug-likeness (QED) is 0.354. The first-order chi connectivity index (χ1) is 5.13. The predicted octanol–water partition coefficient (Wildman–Crippen LogP) is 2.03. The summed E-state index contributed by atoms with van der Waals surface area (Å²) in [5, 5.41) is 9.83. The van der Waals surface area contributed by atoms with Crippen LogP contribution in [-0.2, 0) is 0 Å². The summed E-state index contributed by atoms with van der Waals surface area (Å²) in [7, 11) is 0. The second-order valence-electron chi connectivity index (χ2n) is 2.57. The molecular weight excluding hydrogens is 142 g/mol. The summed E-state index contributed by atoms with van der Waals surface area (Å²) in [6.45, 7) is 4.01. The lowest BCUT2D eigenvalue weighted by atomic mass is 10.2. The highest BCUT2D eigenvalue weighted by molar-refractivity contribution is 5.03. The van der Waals surface area contributed by atoms with Crippen molar-refractivity contribution in [2.75, 3.05) is 6.54 Å². The molecule has 0 bridgehead atoms. The van der Waals surface area contributed by atoms with Crippen LogP contribution in [-0.4, -0.2) is 11.5 Å². The van der Waals surface area contributed by atoms with Gasteiger partial charge < -0.3 is 0 Å². The highest BCUT2D eigenvalue weighted by Crippen LogP contribution is 1.92. The van der Waals surface area contributed by atoms with Gasteiger partial charge in [0.15, 0.2) is 0 Å². The molecule has 0 rings (SSSR count). The van der Waals surface area contributed by atoms with Crippen molar-refractivity contribution < 1.29 is 4.92 Å². The fourth-order valence-electron chi connectivity index (χ4n) is 0.512. The van der Waals surface area contributed by atoms with E-state index in [1.165, 1.54) is 6.08 Å². The van der Waals surface area contributed by atoms with Gasteiger partial charge in [0.2, 0.25) is 6.54 Å². The van der Waals surface area contributed by atoms with Gasteiger partial charge in [-0.25, -0.2) is 0 Å². The molecule has 3 heteroatoms. The summed E-state index contributed by atoms with van der Waals surface area (Å²) in [4.78, 5) is 9.47. The number of nitrogens with zero attached hydrogens (tertiary/aromatic N) is 1. The summed E-state index contributed by atoms with van der Waals surface area (Å²) in [6, 6.07) is 0. The fraction of sp³-hybridized carbons (Fsp3) is 0.500. The topological polar surface area (TPSA) is 43.1 Å². The van der Waals surface area contributed by atoms with E-state index in [4.69, 9.17) is 0 Å². The molecule has 3 nitrogen and oxygen atoms in total. The third-order valence-corrected chi connectivity index (χ3v) is 0.998. The van der Waals surface area contributed by atoms with Gasteiger partial charge in [-0.2, -0.15) is 0 Å². The Bertz CT molecular complexity index is 171. The molecule has 0 aliphatic heterocycles. The second kappa shape index (κ2) is 5.65. The molecule has 0 radical (unpaired) electrons. The van der Waals surface area contributed by atoms with E-state index in [0.29, 0.717) is 5.92 Å². The van der Waals surface area contributed by atoms with Crippen LogP contribution in [0.4, 0.5) is 0 Å². The van der Waals surface area contributed by atoms with E-state index >= 15 is 0 Å². The van der Waals surface area contributed by atoms with E-state index in [0.717, 1.165) is 0 Å². The molecule has 0 saturated carbocycles. The van der Waals surface area contributed by atoms with Crippen molar-refractivity contribution in [1.29, 1.82) is 0 Å². The van der Waals surface area contributed by atoms with E-state index in [1.807, 2.05) is 12.2 Å². The zero-order valence-electron chi connectivity index (χ0n) is 6.86. The van der Waals surface area contributed by atoms with Crippen LogP contribution in [0.1, 0.15) is 13.8 Å². The molecule has 0 aromatic rings. The van der Waals surface area contributed by atoms with Gasteiger partial charge in [-0.15, -0.1) is 0 Å². The molecule has 0 unspecified atom stereocenters. The van der Waals surface area contributed by atoms with Crippen molar-refractivity contribution in [2.24, 2.45) is 5.92 Å². The smallest absolute Gasteiger partial charge is 0.222 e. The Morgan fingerprint density at radius 3 is 2.55 bits per heavy atom. The van der Waals surface area contributed by atoms with Gasteiger partial charge >= 0.3 is 0 Å². The third-order valence-electron chi connectivity index (χ3n) is 0.998. The van der Waals surface area contributed by atoms with Crippen molar-refractivity contribution in [3.63, 3.8) is 0 Å². The number of nitro groups is 1.